The zero-order chi connectivity index (χ0) is 14.4. The molecule has 1 aliphatic rings. The summed E-state index contributed by atoms with van der Waals surface area (Å²) in [6.07, 6.45) is 2.18. The molecule has 1 saturated heterocycles. The molecule has 6 heteroatoms. The number of ether oxygens (including phenoxy) is 2. The third kappa shape index (κ3) is 4.61. The summed E-state index contributed by atoms with van der Waals surface area (Å²) >= 11 is 1.39. The molecular weight excluding hydrogens is 276 g/mol. The van der Waals surface area contributed by atoms with Crippen LogP contribution in [0.5, 0.6) is 0 Å². The van der Waals surface area contributed by atoms with Crippen LogP contribution in [0.1, 0.15) is 36.4 Å². The quantitative estimate of drug-likeness (QED) is 0.686. The van der Waals surface area contributed by atoms with E-state index in [0.717, 1.165) is 19.4 Å². The lowest BCUT2D eigenvalue weighted by Crippen LogP contribution is -2.34. The van der Waals surface area contributed by atoms with Crippen molar-refractivity contribution in [2.75, 3.05) is 13.2 Å². The van der Waals surface area contributed by atoms with Crippen LogP contribution in [0, 0.1) is 0 Å². The zero-order valence-electron chi connectivity index (χ0n) is 11.8. The molecular formula is C14H20N2O3S. The van der Waals surface area contributed by atoms with Crippen LogP contribution in [0.2, 0.25) is 0 Å². The average Bonchev–Trinajstić information content (AvgIpc) is 3.08. The molecule has 1 N–H and O–H groups in total. The molecule has 1 amide bonds. The second-order valence-electron chi connectivity index (χ2n) is 4.88. The van der Waals surface area contributed by atoms with Crippen molar-refractivity contribution in [3.05, 3.63) is 22.4 Å². The normalized spacial score (nSPS) is 19.4. The van der Waals surface area contributed by atoms with E-state index in [9.17, 15) is 4.79 Å². The van der Waals surface area contributed by atoms with Gasteiger partial charge in [-0.25, -0.2) is 4.99 Å². The monoisotopic (exact) mass is 296 g/mol. The number of amidine groups is 1. The van der Waals surface area contributed by atoms with Crippen LogP contribution in [0.3, 0.4) is 0 Å². The molecule has 1 fully saturated rings. The fourth-order valence-electron chi connectivity index (χ4n) is 1.87. The third-order valence-electron chi connectivity index (χ3n) is 2.78. The summed E-state index contributed by atoms with van der Waals surface area (Å²) in [5.41, 5.74) is 0. The minimum Gasteiger partial charge on any atom is -0.462 e. The Labute approximate surface area is 123 Å². The van der Waals surface area contributed by atoms with Crippen molar-refractivity contribution in [1.29, 1.82) is 0 Å². The van der Waals surface area contributed by atoms with E-state index in [-0.39, 0.29) is 24.1 Å². The molecule has 1 aromatic heterocycles. The molecule has 0 saturated carbocycles. The number of hydrogen-bond donors (Lipinski definition) is 1. The molecule has 20 heavy (non-hydrogen) atoms. The number of nitrogens with one attached hydrogen (secondary N) is 1. The van der Waals surface area contributed by atoms with Gasteiger partial charge in [0, 0.05) is 6.61 Å². The Kier molecular flexibility index (Phi) is 5.55. The van der Waals surface area contributed by atoms with Gasteiger partial charge in [-0.1, -0.05) is 6.07 Å². The lowest BCUT2D eigenvalue weighted by Gasteiger charge is -2.14. The topological polar surface area (TPSA) is 59.9 Å². The van der Waals surface area contributed by atoms with Crippen molar-refractivity contribution < 1.29 is 14.3 Å². The highest BCUT2D eigenvalue weighted by molar-refractivity contribution is 7.12. The highest BCUT2D eigenvalue weighted by Gasteiger charge is 2.17. The number of thiophene rings is 1. The predicted octanol–water partition coefficient (Wildman–Crippen LogP) is 2.44. The minimum atomic E-state index is -0.188. The molecule has 5 nitrogen and oxygen atoms in total. The fourth-order valence-corrected chi connectivity index (χ4v) is 2.49. The summed E-state index contributed by atoms with van der Waals surface area (Å²) in [5, 5.41) is 4.58. The molecule has 1 atom stereocenters. The molecule has 1 aliphatic heterocycles. The van der Waals surface area contributed by atoms with Crippen LogP contribution in [-0.4, -0.2) is 37.3 Å². The number of hydrogen-bond acceptors (Lipinski definition) is 5. The van der Waals surface area contributed by atoms with Crippen molar-refractivity contribution in [1.82, 2.24) is 5.32 Å². The Bertz CT molecular complexity index is 451. The molecule has 0 aromatic carbocycles. The molecule has 0 radical (unpaired) electrons. The first-order chi connectivity index (χ1) is 9.65. The largest absolute Gasteiger partial charge is 0.462 e. The van der Waals surface area contributed by atoms with Gasteiger partial charge in [-0.2, -0.15) is 0 Å². The second kappa shape index (κ2) is 7.40. The van der Waals surface area contributed by atoms with Crippen LogP contribution in [0.4, 0.5) is 0 Å². The summed E-state index contributed by atoms with van der Waals surface area (Å²) in [7, 11) is 0. The van der Waals surface area contributed by atoms with Gasteiger partial charge in [0.25, 0.3) is 11.9 Å². The highest BCUT2D eigenvalue weighted by Crippen LogP contribution is 2.12. The van der Waals surface area contributed by atoms with Gasteiger partial charge in [-0.05, 0) is 38.1 Å². The summed E-state index contributed by atoms with van der Waals surface area (Å²) in [6, 6.07) is 3.88. The Morgan fingerprint density at radius 3 is 3.10 bits per heavy atom. The minimum absolute atomic E-state index is 0.0399. The van der Waals surface area contributed by atoms with E-state index in [4.69, 9.17) is 9.47 Å². The van der Waals surface area contributed by atoms with Gasteiger partial charge >= 0.3 is 0 Å². The lowest BCUT2D eigenvalue weighted by molar-refractivity contribution is 0.0959. The van der Waals surface area contributed by atoms with Gasteiger partial charge in [0.1, 0.15) is 0 Å². The van der Waals surface area contributed by atoms with Gasteiger partial charge in [0.15, 0.2) is 0 Å². The fraction of sp³-hybridized carbons (Fsp3) is 0.571. The van der Waals surface area contributed by atoms with Gasteiger partial charge < -0.3 is 9.47 Å². The van der Waals surface area contributed by atoms with Gasteiger partial charge in [-0.3, -0.25) is 10.1 Å². The third-order valence-corrected chi connectivity index (χ3v) is 3.64. The van der Waals surface area contributed by atoms with E-state index < -0.39 is 0 Å². The molecule has 0 spiro atoms. The lowest BCUT2D eigenvalue weighted by atomic mass is 10.2. The van der Waals surface area contributed by atoms with Crippen LogP contribution >= 0.6 is 11.3 Å². The second-order valence-corrected chi connectivity index (χ2v) is 5.83. The van der Waals surface area contributed by atoms with Gasteiger partial charge in [-0.15, -0.1) is 11.3 Å². The smallest absolute Gasteiger partial charge is 0.292 e. The standard InChI is InChI=1S/C14H20N2O3S/c1-10(2)19-14(15-9-11-5-3-7-18-11)16-13(17)12-6-4-8-20-12/h4,6,8,10-11H,3,5,7,9H2,1-2H3,(H,15,16,17)/t11-/m0/s1. The number of carbonyl (C=O) groups excluding carboxylic acids is 1. The van der Waals surface area contributed by atoms with Crippen LogP contribution < -0.4 is 5.32 Å². The number of aliphatic imine (C=N–C) groups is 1. The van der Waals surface area contributed by atoms with E-state index in [2.05, 4.69) is 10.3 Å². The summed E-state index contributed by atoms with van der Waals surface area (Å²) in [5.74, 6) is -0.188. The summed E-state index contributed by atoms with van der Waals surface area (Å²) < 4.78 is 11.1. The zero-order valence-corrected chi connectivity index (χ0v) is 12.6. The maximum absolute atomic E-state index is 12.0. The van der Waals surface area contributed by atoms with E-state index in [1.807, 2.05) is 25.3 Å². The predicted molar refractivity (Wildman–Crippen MR) is 79.3 cm³/mol. The van der Waals surface area contributed by atoms with E-state index in [1.54, 1.807) is 6.07 Å². The first-order valence-electron chi connectivity index (χ1n) is 6.82. The average molecular weight is 296 g/mol. The summed E-state index contributed by atoms with van der Waals surface area (Å²) in [6.45, 7) is 5.12. The maximum atomic E-state index is 12.0. The van der Waals surface area contributed by atoms with E-state index in [0.29, 0.717) is 11.4 Å². The Morgan fingerprint density at radius 1 is 1.65 bits per heavy atom. The van der Waals surface area contributed by atoms with Gasteiger partial charge in [0.05, 0.1) is 23.6 Å². The molecule has 0 aliphatic carbocycles. The number of carbonyl (C=O) groups is 1. The number of rotatable bonds is 4. The molecule has 2 rings (SSSR count). The van der Waals surface area contributed by atoms with E-state index in [1.165, 1.54) is 11.3 Å². The number of amides is 1. The Morgan fingerprint density at radius 2 is 2.50 bits per heavy atom. The van der Waals surface area contributed by atoms with Crippen molar-refractivity contribution in [2.45, 2.75) is 38.9 Å². The molecule has 110 valence electrons. The SMILES string of the molecule is CC(C)OC(=NC[C@@H]1CCCO1)NC(=O)c1cccs1. The first kappa shape index (κ1) is 15.0. The van der Waals surface area contributed by atoms with Crippen LogP contribution in [-0.2, 0) is 9.47 Å². The Hall–Kier alpha value is -1.40. The Balaban J connectivity index is 1.95. The van der Waals surface area contributed by atoms with Crippen LogP contribution in [0.25, 0.3) is 0 Å². The summed E-state index contributed by atoms with van der Waals surface area (Å²) in [4.78, 5) is 17.0. The van der Waals surface area contributed by atoms with Crippen molar-refractivity contribution in [2.24, 2.45) is 4.99 Å². The van der Waals surface area contributed by atoms with Gasteiger partial charge in [0.2, 0.25) is 0 Å². The van der Waals surface area contributed by atoms with Crippen molar-refractivity contribution >= 4 is 23.3 Å². The van der Waals surface area contributed by atoms with Crippen LogP contribution in [0.15, 0.2) is 22.5 Å². The first-order valence-corrected chi connectivity index (χ1v) is 7.70. The van der Waals surface area contributed by atoms with E-state index >= 15 is 0 Å². The van der Waals surface area contributed by atoms with Crippen molar-refractivity contribution in [3.8, 4) is 0 Å². The molecule has 0 unspecified atom stereocenters. The molecule has 1 aromatic rings. The number of nitrogens with zero attached hydrogens (tertiary/aromatic N) is 1. The molecule has 2 heterocycles. The maximum Gasteiger partial charge on any atom is 0.292 e. The van der Waals surface area contributed by atoms with Crippen molar-refractivity contribution in [3.63, 3.8) is 0 Å². The molecule has 0 bridgehead atoms. The highest BCUT2D eigenvalue weighted by atomic mass is 32.1.